The SMILES string of the molecule is SC1C=Cc2cccnc2S1. The lowest BCUT2D eigenvalue weighted by Gasteiger charge is -2.12. The summed E-state index contributed by atoms with van der Waals surface area (Å²) in [6, 6.07) is 4.01. The first-order chi connectivity index (χ1) is 5.36. The van der Waals surface area contributed by atoms with Crippen molar-refractivity contribution in [2.24, 2.45) is 0 Å². The summed E-state index contributed by atoms with van der Waals surface area (Å²) in [6.07, 6.45) is 5.94. The fourth-order valence-corrected chi connectivity index (χ4v) is 2.13. The summed E-state index contributed by atoms with van der Waals surface area (Å²) in [5.41, 5.74) is 1.20. The molecule has 0 spiro atoms. The Hall–Kier alpha value is -0.410. The lowest BCUT2D eigenvalue weighted by atomic mass is 10.2. The van der Waals surface area contributed by atoms with Crippen molar-refractivity contribution in [1.82, 2.24) is 4.98 Å². The Balaban J connectivity index is 2.46. The molecule has 0 aromatic carbocycles. The molecule has 1 unspecified atom stereocenters. The minimum atomic E-state index is 0.261. The van der Waals surface area contributed by atoms with Gasteiger partial charge in [-0.25, -0.2) is 4.98 Å². The predicted octanol–water partition coefficient (Wildman–Crippen LogP) is 2.46. The molecule has 1 atom stereocenters. The molecular weight excluding hydrogens is 174 g/mol. The smallest absolute Gasteiger partial charge is 0.105 e. The first-order valence-electron chi connectivity index (χ1n) is 3.34. The molecule has 1 aliphatic heterocycles. The number of hydrogen-bond acceptors (Lipinski definition) is 3. The summed E-state index contributed by atoms with van der Waals surface area (Å²) in [5, 5.41) is 1.08. The Bertz CT molecular complexity index is 296. The van der Waals surface area contributed by atoms with Crippen LogP contribution in [0.4, 0.5) is 0 Å². The second-order valence-electron chi connectivity index (χ2n) is 2.27. The maximum absolute atomic E-state index is 4.32. The van der Waals surface area contributed by atoms with Gasteiger partial charge >= 0.3 is 0 Å². The highest BCUT2D eigenvalue weighted by Crippen LogP contribution is 2.32. The summed E-state index contributed by atoms with van der Waals surface area (Å²) < 4.78 is 0.261. The van der Waals surface area contributed by atoms with E-state index in [4.69, 9.17) is 0 Å². The Morgan fingerprint density at radius 2 is 2.45 bits per heavy atom. The van der Waals surface area contributed by atoms with Gasteiger partial charge in [0.25, 0.3) is 0 Å². The third-order valence-electron chi connectivity index (χ3n) is 1.47. The van der Waals surface area contributed by atoms with Gasteiger partial charge in [0.2, 0.25) is 0 Å². The van der Waals surface area contributed by atoms with Crippen LogP contribution in [0.15, 0.2) is 29.4 Å². The maximum atomic E-state index is 4.32. The van der Waals surface area contributed by atoms with Crippen molar-refractivity contribution in [3.8, 4) is 0 Å². The van der Waals surface area contributed by atoms with E-state index in [0.717, 1.165) is 5.03 Å². The zero-order chi connectivity index (χ0) is 7.68. The van der Waals surface area contributed by atoms with Crippen LogP contribution in [0.2, 0.25) is 0 Å². The van der Waals surface area contributed by atoms with Gasteiger partial charge in [-0.1, -0.05) is 30.0 Å². The second kappa shape index (κ2) is 2.91. The highest BCUT2D eigenvalue weighted by Gasteiger charge is 2.10. The zero-order valence-corrected chi connectivity index (χ0v) is 7.48. The quantitative estimate of drug-likeness (QED) is 0.617. The van der Waals surface area contributed by atoms with Crippen molar-refractivity contribution in [2.75, 3.05) is 0 Å². The molecule has 0 fully saturated rings. The summed E-state index contributed by atoms with van der Waals surface area (Å²) in [7, 11) is 0. The number of thioether (sulfide) groups is 1. The van der Waals surface area contributed by atoms with Gasteiger partial charge in [-0.3, -0.25) is 0 Å². The Morgan fingerprint density at radius 3 is 3.36 bits per heavy atom. The molecule has 0 aliphatic carbocycles. The standard InChI is InChI=1S/C8H7NS2/c10-7-4-3-6-2-1-5-9-8(6)11-7/h1-5,7,10H. The first-order valence-corrected chi connectivity index (χ1v) is 4.74. The van der Waals surface area contributed by atoms with E-state index in [1.54, 1.807) is 11.8 Å². The fourth-order valence-electron chi connectivity index (χ4n) is 0.968. The molecule has 0 radical (unpaired) electrons. The third-order valence-corrected chi connectivity index (χ3v) is 2.92. The van der Waals surface area contributed by atoms with Gasteiger partial charge in [0.1, 0.15) is 5.03 Å². The van der Waals surface area contributed by atoms with Crippen molar-refractivity contribution < 1.29 is 0 Å². The van der Waals surface area contributed by atoms with Crippen molar-refractivity contribution in [3.05, 3.63) is 30.0 Å². The van der Waals surface area contributed by atoms with Crippen LogP contribution in [0.25, 0.3) is 6.08 Å². The number of aromatic nitrogens is 1. The molecule has 1 aromatic heterocycles. The van der Waals surface area contributed by atoms with Crippen LogP contribution in [0.1, 0.15) is 5.56 Å². The molecule has 0 saturated carbocycles. The summed E-state index contributed by atoms with van der Waals surface area (Å²) in [5.74, 6) is 0. The molecule has 3 heteroatoms. The molecule has 0 amide bonds. The van der Waals surface area contributed by atoms with Crippen LogP contribution in [0.5, 0.6) is 0 Å². The maximum Gasteiger partial charge on any atom is 0.105 e. The van der Waals surface area contributed by atoms with Crippen molar-refractivity contribution >= 4 is 30.5 Å². The molecule has 0 N–H and O–H groups in total. The monoisotopic (exact) mass is 181 g/mol. The minimum absolute atomic E-state index is 0.261. The lowest BCUT2D eigenvalue weighted by molar-refractivity contribution is 1.11. The Morgan fingerprint density at radius 1 is 1.55 bits per heavy atom. The van der Waals surface area contributed by atoms with Crippen molar-refractivity contribution in [3.63, 3.8) is 0 Å². The van der Waals surface area contributed by atoms with E-state index in [0.29, 0.717) is 0 Å². The highest BCUT2D eigenvalue weighted by atomic mass is 32.2. The number of fused-ring (bicyclic) bond motifs is 1. The van der Waals surface area contributed by atoms with Crippen LogP contribution in [0.3, 0.4) is 0 Å². The van der Waals surface area contributed by atoms with Gasteiger partial charge in [0.15, 0.2) is 0 Å². The van der Waals surface area contributed by atoms with Crippen LogP contribution in [-0.2, 0) is 0 Å². The van der Waals surface area contributed by atoms with E-state index in [-0.39, 0.29) is 4.58 Å². The van der Waals surface area contributed by atoms with Gasteiger partial charge in [-0.15, -0.1) is 0 Å². The molecule has 1 aliphatic rings. The predicted molar refractivity (Wildman–Crippen MR) is 51.9 cm³/mol. The zero-order valence-electron chi connectivity index (χ0n) is 5.77. The summed E-state index contributed by atoms with van der Waals surface area (Å²) in [6.45, 7) is 0. The van der Waals surface area contributed by atoms with E-state index < -0.39 is 0 Å². The van der Waals surface area contributed by atoms with Gasteiger partial charge in [-0.05, 0) is 6.07 Å². The molecule has 1 aromatic rings. The molecular formula is C8H7NS2. The highest BCUT2D eigenvalue weighted by molar-refractivity contribution is 8.10. The van der Waals surface area contributed by atoms with Crippen molar-refractivity contribution in [2.45, 2.75) is 9.61 Å². The molecule has 11 heavy (non-hydrogen) atoms. The topological polar surface area (TPSA) is 12.9 Å². The molecule has 2 heterocycles. The first kappa shape index (κ1) is 7.25. The molecule has 2 rings (SSSR count). The minimum Gasteiger partial charge on any atom is -0.249 e. The number of hydrogen-bond donors (Lipinski definition) is 1. The summed E-state index contributed by atoms with van der Waals surface area (Å²) >= 11 is 6.00. The Labute approximate surface area is 75.3 Å². The van der Waals surface area contributed by atoms with E-state index in [1.807, 2.05) is 12.3 Å². The van der Waals surface area contributed by atoms with Crippen LogP contribution < -0.4 is 0 Å². The number of rotatable bonds is 0. The number of pyridine rings is 1. The average Bonchev–Trinajstić information content (AvgIpc) is 2.04. The van der Waals surface area contributed by atoms with E-state index in [2.05, 4.69) is 35.8 Å². The average molecular weight is 181 g/mol. The van der Waals surface area contributed by atoms with Gasteiger partial charge in [0, 0.05) is 11.8 Å². The normalized spacial score (nSPS) is 21.4. The Kier molecular flexibility index (Phi) is 1.92. The van der Waals surface area contributed by atoms with E-state index in [9.17, 15) is 0 Å². The molecule has 1 nitrogen and oxygen atoms in total. The van der Waals surface area contributed by atoms with Gasteiger partial charge < -0.3 is 0 Å². The summed E-state index contributed by atoms with van der Waals surface area (Å²) in [4.78, 5) is 4.23. The molecule has 0 bridgehead atoms. The van der Waals surface area contributed by atoms with E-state index in [1.165, 1.54) is 5.56 Å². The molecule has 56 valence electrons. The second-order valence-corrected chi connectivity index (χ2v) is 4.30. The van der Waals surface area contributed by atoms with Crippen LogP contribution in [-0.4, -0.2) is 9.57 Å². The van der Waals surface area contributed by atoms with Crippen LogP contribution in [0, 0.1) is 0 Å². The number of thiol groups is 1. The van der Waals surface area contributed by atoms with Crippen LogP contribution >= 0.6 is 24.4 Å². The van der Waals surface area contributed by atoms with Gasteiger partial charge in [0.05, 0.1) is 4.58 Å². The van der Waals surface area contributed by atoms with Gasteiger partial charge in [-0.2, -0.15) is 12.6 Å². The third kappa shape index (κ3) is 1.44. The van der Waals surface area contributed by atoms with E-state index >= 15 is 0 Å². The largest absolute Gasteiger partial charge is 0.249 e. The lowest BCUT2D eigenvalue weighted by Crippen LogP contribution is -1.95. The number of nitrogens with zero attached hydrogens (tertiary/aromatic N) is 1. The fraction of sp³-hybridized carbons (Fsp3) is 0.125. The molecule has 0 saturated heterocycles. The van der Waals surface area contributed by atoms with Crippen molar-refractivity contribution in [1.29, 1.82) is 0 Å².